The fourth-order valence-corrected chi connectivity index (χ4v) is 1.06. The van der Waals surface area contributed by atoms with E-state index in [2.05, 4.69) is 5.48 Å². The molecular formula is C12H16FNO2. The van der Waals surface area contributed by atoms with Crippen LogP contribution in [-0.4, -0.2) is 11.5 Å². The maximum absolute atomic E-state index is 13.4. The molecular weight excluding hydrogens is 209 g/mol. The van der Waals surface area contributed by atoms with Crippen molar-refractivity contribution in [2.24, 2.45) is 0 Å². The lowest BCUT2D eigenvalue weighted by molar-refractivity contribution is -0.0591. The van der Waals surface area contributed by atoms with Crippen molar-refractivity contribution in [2.75, 3.05) is 0 Å². The van der Waals surface area contributed by atoms with Crippen molar-refractivity contribution in [3.63, 3.8) is 0 Å². The zero-order valence-electron chi connectivity index (χ0n) is 9.93. The molecule has 0 atom stereocenters. The van der Waals surface area contributed by atoms with Crippen LogP contribution >= 0.6 is 0 Å². The first-order chi connectivity index (χ1) is 7.29. The van der Waals surface area contributed by atoms with Gasteiger partial charge in [-0.25, -0.2) is 9.87 Å². The van der Waals surface area contributed by atoms with Gasteiger partial charge < -0.3 is 0 Å². The molecule has 0 aromatic heterocycles. The normalized spacial score (nSPS) is 11.3. The average molecular weight is 225 g/mol. The number of aryl methyl sites for hydroxylation is 1. The lowest BCUT2D eigenvalue weighted by Crippen LogP contribution is -2.33. The Morgan fingerprint density at radius 3 is 2.50 bits per heavy atom. The van der Waals surface area contributed by atoms with Gasteiger partial charge in [-0.2, -0.15) is 0 Å². The van der Waals surface area contributed by atoms with Crippen LogP contribution in [0.1, 0.15) is 36.7 Å². The van der Waals surface area contributed by atoms with E-state index in [1.807, 2.05) is 0 Å². The highest BCUT2D eigenvalue weighted by atomic mass is 19.1. The predicted octanol–water partition coefficient (Wildman–Crippen LogP) is 2.59. The van der Waals surface area contributed by atoms with Crippen LogP contribution < -0.4 is 5.48 Å². The van der Waals surface area contributed by atoms with Crippen molar-refractivity contribution in [1.29, 1.82) is 0 Å². The number of rotatable bonds is 2. The Labute approximate surface area is 94.6 Å². The summed E-state index contributed by atoms with van der Waals surface area (Å²) in [6.45, 7) is 7.13. The van der Waals surface area contributed by atoms with Gasteiger partial charge in [0, 0.05) is 0 Å². The number of nitrogens with one attached hydrogen (secondary N) is 1. The van der Waals surface area contributed by atoms with Gasteiger partial charge in [0.15, 0.2) is 0 Å². The van der Waals surface area contributed by atoms with E-state index >= 15 is 0 Å². The highest BCUT2D eigenvalue weighted by Crippen LogP contribution is 2.11. The fourth-order valence-electron chi connectivity index (χ4n) is 1.06. The molecule has 88 valence electrons. The standard InChI is InChI=1S/C12H16FNO2/c1-8-5-6-9(10(13)7-8)11(15)14-16-12(2,3)4/h5-7H,1-4H3,(H,14,15). The second-order valence-corrected chi connectivity index (χ2v) is 4.63. The Morgan fingerprint density at radius 2 is 2.00 bits per heavy atom. The summed E-state index contributed by atoms with van der Waals surface area (Å²) in [5.41, 5.74) is 2.47. The van der Waals surface area contributed by atoms with Gasteiger partial charge in [0.05, 0.1) is 11.2 Å². The molecule has 0 saturated carbocycles. The molecule has 0 aliphatic rings. The molecule has 3 nitrogen and oxygen atoms in total. The number of benzene rings is 1. The number of hydrogen-bond donors (Lipinski definition) is 1. The first kappa shape index (κ1) is 12.6. The van der Waals surface area contributed by atoms with Gasteiger partial charge >= 0.3 is 0 Å². The molecule has 0 fully saturated rings. The van der Waals surface area contributed by atoms with Gasteiger partial charge in [0.25, 0.3) is 5.91 Å². The number of hydrogen-bond acceptors (Lipinski definition) is 2. The van der Waals surface area contributed by atoms with Crippen LogP contribution in [0.2, 0.25) is 0 Å². The molecule has 1 N–H and O–H groups in total. The number of hydroxylamine groups is 1. The van der Waals surface area contributed by atoms with Crippen molar-refractivity contribution >= 4 is 5.91 Å². The zero-order chi connectivity index (χ0) is 12.3. The Bertz CT molecular complexity index is 396. The van der Waals surface area contributed by atoms with E-state index in [-0.39, 0.29) is 5.56 Å². The Balaban J connectivity index is 2.74. The minimum absolute atomic E-state index is 0.0187. The van der Waals surface area contributed by atoms with E-state index in [0.29, 0.717) is 0 Å². The van der Waals surface area contributed by atoms with Crippen molar-refractivity contribution in [1.82, 2.24) is 5.48 Å². The van der Waals surface area contributed by atoms with Crippen molar-refractivity contribution in [3.05, 3.63) is 35.1 Å². The zero-order valence-corrected chi connectivity index (χ0v) is 9.93. The summed E-state index contributed by atoms with van der Waals surface area (Å²) < 4.78 is 13.4. The summed E-state index contributed by atoms with van der Waals surface area (Å²) in [6, 6.07) is 4.42. The monoisotopic (exact) mass is 225 g/mol. The number of carbonyl (C=O) groups excluding carboxylic acids is 1. The minimum Gasteiger partial charge on any atom is -0.268 e. The summed E-state index contributed by atoms with van der Waals surface area (Å²) in [5, 5.41) is 0. The van der Waals surface area contributed by atoms with Crippen LogP contribution in [0.5, 0.6) is 0 Å². The largest absolute Gasteiger partial charge is 0.277 e. The van der Waals surface area contributed by atoms with Gasteiger partial charge in [-0.1, -0.05) is 6.07 Å². The molecule has 1 aromatic rings. The summed E-state index contributed by atoms with van der Waals surface area (Å²) in [5.74, 6) is -1.12. The Morgan fingerprint density at radius 1 is 1.38 bits per heavy atom. The maximum Gasteiger partial charge on any atom is 0.277 e. The van der Waals surface area contributed by atoms with Crippen LogP contribution in [0.15, 0.2) is 18.2 Å². The van der Waals surface area contributed by atoms with Crippen LogP contribution in [-0.2, 0) is 4.84 Å². The van der Waals surface area contributed by atoms with E-state index in [1.165, 1.54) is 12.1 Å². The molecule has 1 aromatic carbocycles. The third kappa shape index (κ3) is 3.62. The predicted molar refractivity (Wildman–Crippen MR) is 59.4 cm³/mol. The van der Waals surface area contributed by atoms with Crippen LogP contribution in [0, 0.1) is 12.7 Å². The van der Waals surface area contributed by atoms with Crippen LogP contribution in [0.4, 0.5) is 4.39 Å². The molecule has 0 aliphatic heterocycles. The molecule has 16 heavy (non-hydrogen) atoms. The van der Waals surface area contributed by atoms with Gasteiger partial charge in [-0.15, -0.1) is 0 Å². The summed E-state index contributed by atoms with van der Waals surface area (Å²) >= 11 is 0. The van der Waals surface area contributed by atoms with Crippen molar-refractivity contribution in [3.8, 4) is 0 Å². The lowest BCUT2D eigenvalue weighted by atomic mass is 10.1. The summed E-state index contributed by atoms with van der Waals surface area (Å²) in [7, 11) is 0. The van der Waals surface area contributed by atoms with Gasteiger partial charge in [-0.05, 0) is 45.4 Å². The van der Waals surface area contributed by atoms with E-state index in [4.69, 9.17) is 4.84 Å². The molecule has 0 heterocycles. The minimum atomic E-state index is -0.576. The number of amides is 1. The first-order valence-corrected chi connectivity index (χ1v) is 5.04. The maximum atomic E-state index is 13.4. The number of halogens is 1. The molecule has 0 spiro atoms. The smallest absolute Gasteiger partial charge is 0.268 e. The molecule has 4 heteroatoms. The molecule has 0 saturated heterocycles. The Hall–Kier alpha value is -1.42. The molecule has 0 radical (unpaired) electrons. The number of carbonyl (C=O) groups is 1. The van der Waals surface area contributed by atoms with Crippen molar-refractivity contribution in [2.45, 2.75) is 33.3 Å². The van der Waals surface area contributed by atoms with E-state index < -0.39 is 17.3 Å². The van der Waals surface area contributed by atoms with Crippen LogP contribution in [0.3, 0.4) is 0 Å². The second-order valence-electron chi connectivity index (χ2n) is 4.63. The molecule has 0 aliphatic carbocycles. The SMILES string of the molecule is Cc1ccc(C(=O)NOC(C)(C)C)c(F)c1. The van der Waals surface area contributed by atoms with E-state index in [9.17, 15) is 9.18 Å². The summed E-state index contributed by atoms with van der Waals surface area (Å²) in [6.07, 6.45) is 0. The Kier molecular flexibility index (Phi) is 3.65. The molecule has 1 rings (SSSR count). The first-order valence-electron chi connectivity index (χ1n) is 5.04. The van der Waals surface area contributed by atoms with Gasteiger partial charge in [0.1, 0.15) is 5.82 Å². The van der Waals surface area contributed by atoms with E-state index in [1.54, 1.807) is 33.8 Å². The third-order valence-corrected chi connectivity index (χ3v) is 1.82. The van der Waals surface area contributed by atoms with Gasteiger partial charge in [-0.3, -0.25) is 9.63 Å². The topological polar surface area (TPSA) is 38.3 Å². The fraction of sp³-hybridized carbons (Fsp3) is 0.417. The lowest BCUT2D eigenvalue weighted by Gasteiger charge is -2.19. The van der Waals surface area contributed by atoms with Crippen molar-refractivity contribution < 1.29 is 14.0 Å². The quantitative estimate of drug-likeness (QED) is 0.786. The highest BCUT2D eigenvalue weighted by Gasteiger charge is 2.16. The van der Waals surface area contributed by atoms with Crippen LogP contribution in [0.25, 0.3) is 0 Å². The molecule has 0 unspecified atom stereocenters. The highest BCUT2D eigenvalue weighted by molar-refractivity contribution is 5.93. The third-order valence-electron chi connectivity index (χ3n) is 1.82. The van der Waals surface area contributed by atoms with Gasteiger partial charge in [0.2, 0.25) is 0 Å². The molecule has 1 amide bonds. The van der Waals surface area contributed by atoms with E-state index in [0.717, 1.165) is 5.56 Å². The average Bonchev–Trinajstić information content (AvgIpc) is 2.13. The second kappa shape index (κ2) is 4.61. The molecule has 0 bridgehead atoms. The summed E-state index contributed by atoms with van der Waals surface area (Å²) in [4.78, 5) is 16.6.